The number of morpholine rings is 1. The van der Waals surface area contributed by atoms with Crippen LogP contribution in [0.2, 0.25) is 0 Å². The molecular weight excluding hydrogens is 404 g/mol. The van der Waals surface area contributed by atoms with E-state index in [4.69, 9.17) is 19.2 Å². The van der Waals surface area contributed by atoms with Gasteiger partial charge in [-0.05, 0) is 36.5 Å². The first-order valence-electron chi connectivity index (χ1n) is 12.1. The van der Waals surface area contributed by atoms with Crippen molar-refractivity contribution in [3.05, 3.63) is 35.7 Å². The molecule has 3 heterocycles. The number of amidine groups is 1. The van der Waals surface area contributed by atoms with Crippen LogP contribution in [0.15, 0.2) is 35.1 Å². The number of methoxy groups -OCH3 is 2. The summed E-state index contributed by atoms with van der Waals surface area (Å²) in [4.78, 5) is 12.7. The standard InChI is InChI=1S/C25H36N4O3/c1-30-21-12-19(13-22(14-21)31-2)15-27-17-24(28-8-10-32-11-9-28)25-26-23(16-29(25)18-27)20-6-4-3-5-7-20/h12-14,17,20,23H,3-11,15-16,18H2,1-2H3. The van der Waals surface area contributed by atoms with Crippen LogP contribution in [0.1, 0.15) is 37.7 Å². The highest BCUT2D eigenvalue weighted by atomic mass is 16.5. The third-order valence-electron chi connectivity index (χ3n) is 7.22. The van der Waals surface area contributed by atoms with Gasteiger partial charge in [0.25, 0.3) is 0 Å². The van der Waals surface area contributed by atoms with Gasteiger partial charge in [-0.15, -0.1) is 0 Å². The van der Waals surface area contributed by atoms with Crippen LogP contribution in [-0.4, -0.2) is 80.3 Å². The van der Waals surface area contributed by atoms with Crippen LogP contribution in [0.5, 0.6) is 11.5 Å². The summed E-state index contributed by atoms with van der Waals surface area (Å²) in [5.74, 6) is 3.59. The second-order valence-corrected chi connectivity index (χ2v) is 9.36. The van der Waals surface area contributed by atoms with E-state index in [-0.39, 0.29) is 0 Å². The van der Waals surface area contributed by atoms with Gasteiger partial charge in [0.05, 0.1) is 45.8 Å². The summed E-state index contributed by atoms with van der Waals surface area (Å²) in [5, 5.41) is 0. The summed E-state index contributed by atoms with van der Waals surface area (Å²) in [6.07, 6.45) is 9.10. The third kappa shape index (κ3) is 4.53. The van der Waals surface area contributed by atoms with Crippen molar-refractivity contribution in [2.75, 3.05) is 53.7 Å². The topological polar surface area (TPSA) is 49.8 Å². The van der Waals surface area contributed by atoms with Gasteiger partial charge >= 0.3 is 0 Å². The van der Waals surface area contributed by atoms with E-state index in [0.717, 1.165) is 63.5 Å². The fraction of sp³-hybridized carbons (Fsp3) is 0.640. The SMILES string of the molecule is COc1cc(CN2C=C(N3CCOCC3)C3=NC(C4CCCCC4)CN3C2)cc(OC)c1. The second-order valence-electron chi connectivity index (χ2n) is 9.36. The van der Waals surface area contributed by atoms with Crippen LogP contribution in [0, 0.1) is 5.92 Å². The molecule has 7 heteroatoms. The largest absolute Gasteiger partial charge is 0.497 e. The van der Waals surface area contributed by atoms with E-state index in [1.807, 2.05) is 6.07 Å². The van der Waals surface area contributed by atoms with Crippen molar-refractivity contribution in [1.29, 1.82) is 0 Å². The number of rotatable bonds is 6. The molecule has 1 aromatic carbocycles. The van der Waals surface area contributed by atoms with Gasteiger partial charge in [0.2, 0.25) is 0 Å². The first kappa shape index (κ1) is 21.4. The lowest BCUT2D eigenvalue weighted by molar-refractivity contribution is 0.0532. The van der Waals surface area contributed by atoms with Gasteiger partial charge in [-0.25, -0.2) is 0 Å². The molecule has 0 spiro atoms. The van der Waals surface area contributed by atoms with E-state index in [1.54, 1.807) is 14.2 Å². The Labute approximate surface area is 191 Å². The first-order chi connectivity index (χ1) is 15.7. The van der Waals surface area contributed by atoms with Crippen LogP contribution in [0.4, 0.5) is 0 Å². The van der Waals surface area contributed by atoms with Crippen molar-refractivity contribution in [1.82, 2.24) is 14.7 Å². The Morgan fingerprint density at radius 1 is 0.969 bits per heavy atom. The lowest BCUT2D eigenvalue weighted by Gasteiger charge is -2.40. The van der Waals surface area contributed by atoms with Gasteiger partial charge in [0.1, 0.15) is 11.5 Å². The van der Waals surface area contributed by atoms with Crippen molar-refractivity contribution < 1.29 is 14.2 Å². The summed E-state index contributed by atoms with van der Waals surface area (Å²) < 4.78 is 16.6. The van der Waals surface area contributed by atoms with Crippen molar-refractivity contribution >= 4 is 5.84 Å². The molecule has 1 aliphatic carbocycles. The minimum atomic E-state index is 0.437. The molecular formula is C25H36N4O3. The van der Waals surface area contributed by atoms with E-state index < -0.39 is 0 Å². The van der Waals surface area contributed by atoms with Crippen LogP contribution in [0.3, 0.4) is 0 Å². The molecule has 1 unspecified atom stereocenters. The maximum absolute atomic E-state index is 5.63. The monoisotopic (exact) mass is 440 g/mol. The average Bonchev–Trinajstić information content (AvgIpc) is 3.28. The minimum Gasteiger partial charge on any atom is -0.497 e. The van der Waals surface area contributed by atoms with E-state index in [2.05, 4.69) is 33.0 Å². The molecule has 0 radical (unpaired) electrons. The van der Waals surface area contributed by atoms with Crippen molar-refractivity contribution in [3.63, 3.8) is 0 Å². The highest BCUT2D eigenvalue weighted by Crippen LogP contribution is 2.34. The molecule has 0 N–H and O–H groups in total. The van der Waals surface area contributed by atoms with Crippen LogP contribution < -0.4 is 9.47 Å². The normalized spacial score (nSPS) is 24.2. The zero-order valence-electron chi connectivity index (χ0n) is 19.5. The molecule has 5 rings (SSSR count). The summed E-state index contributed by atoms with van der Waals surface area (Å²) in [6.45, 7) is 6.13. The first-order valence-corrected chi connectivity index (χ1v) is 12.1. The summed E-state index contributed by atoms with van der Waals surface area (Å²) in [7, 11) is 3.41. The number of fused-ring (bicyclic) bond motifs is 1. The number of hydrogen-bond donors (Lipinski definition) is 0. The number of hydrogen-bond acceptors (Lipinski definition) is 7. The van der Waals surface area contributed by atoms with Gasteiger partial charge in [-0.3, -0.25) is 4.99 Å². The van der Waals surface area contributed by atoms with Crippen molar-refractivity contribution in [2.45, 2.75) is 44.7 Å². The minimum absolute atomic E-state index is 0.437. The fourth-order valence-electron chi connectivity index (χ4n) is 5.52. The number of nitrogens with zero attached hydrogens (tertiary/aromatic N) is 4. The zero-order chi connectivity index (χ0) is 21.9. The van der Waals surface area contributed by atoms with E-state index >= 15 is 0 Å². The van der Waals surface area contributed by atoms with Gasteiger partial charge in [-0.1, -0.05) is 19.3 Å². The molecule has 1 aromatic rings. The summed E-state index contributed by atoms with van der Waals surface area (Å²) in [5.41, 5.74) is 2.44. The maximum Gasteiger partial charge on any atom is 0.150 e. The Morgan fingerprint density at radius 2 is 1.69 bits per heavy atom. The van der Waals surface area contributed by atoms with Crippen LogP contribution in [0.25, 0.3) is 0 Å². The van der Waals surface area contributed by atoms with Crippen LogP contribution >= 0.6 is 0 Å². The molecule has 174 valence electrons. The van der Waals surface area contributed by atoms with Gasteiger partial charge in [0, 0.05) is 38.4 Å². The number of aliphatic imine (C=N–C) groups is 1. The van der Waals surface area contributed by atoms with E-state index in [9.17, 15) is 0 Å². The Kier molecular flexibility index (Phi) is 6.44. The van der Waals surface area contributed by atoms with Gasteiger partial charge in [0.15, 0.2) is 5.84 Å². The molecule has 2 fully saturated rings. The molecule has 1 atom stereocenters. The predicted molar refractivity (Wildman–Crippen MR) is 125 cm³/mol. The van der Waals surface area contributed by atoms with Crippen molar-refractivity contribution in [3.8, 4) is 11.5 Å². The quantitative estimate of drug-likeness (QED) is 0.677. The highest BCUT2D eigenvalue weighted by molar-refractivity contribution is 5.99. The van der Waals surface area contributed by atoms with Gasteiger partial charge < -0.3 is 28.9 Å². The molecule has 32 heavy (non-hydrogen) atoms. The van der Waals surface area contributed by atoms with Crippen molar-refractivity contribution in [2.24, 2.45) is 10.9 Å². The number of benzene rings is 1. The lowest BCUT2D eigenvalue weighted by atomic mass is 9.84. The predicted octanol–water partition coefficient (Wildman–Crippen LogP) is 3.31. The third-order valence-corrected chi connectivity index (χ3v) is 7.22. The molecule has 1 saturated heterocycles. The molecule has 3 aliphatic heterocycles. The Balaban J connectivity index is 1.39. The molecule has 0 amide bonds. The fourth-order valence-corrected chi connectivity index (χ4v) is 5.52. The average molecular weight is 441 g/mol. The number of ether oxygens (including phenoxy) is 3. The Bertz CT molecular complexity index is 836. The van der Waals surface area contributed by atoms with Crippen LogP contribution in [-0.2, 0) is 11.3 Å². The van der Waals surface area contributed by atoms with E-state index in [0.29, 0.717) is 6.04 Å². The summed E-state index contributed by atoms with van der Waals surface area (Å²) >= 11 is 0. The highest BCUT2D eigenvalue weighted by Gasteiger charge is 2.37. The maximum atomic E-state index is 5.63. The Hall–Kier alpha value is -2.41. The molecule has 0 aromatic heterocycles. The lowest BCUT2D eigenvalue weighted by Crippen LogP contribution is -2.49. The smallest absolute Gasteiger partial charge is 0.150 e. The van der Waals surface area contributed by atoms with E-state index in [1.165, 1.54) is 49.2 Å². The van der Waals surface area contributed by atoms with Gasteiger partial charge in [-0.2, -0.15) is 0 Å². The molecule has 7 nitrogen and oxygen atoms in total. The molecule has 0 bridgehead atoms. The Morgan fingerprint density at radius 3 is 2.38 bits per heavy atom. The summed E-state index contributed by atoms with van der Waals surface area (Å²) in [6, 6.07) is 6.56. The zero-order valence-corrected chi connectivity index (χ0v) is 19.5. The second kappa shape index (κ2) is 9.61. The molecule has 4 aliphatic rings. The molecule has 1 saturated carbocycles.